The number of carbonyl (C=O) groups excluding carboxylic acids is 1. The lowest BCUT2D eigenvalue weighted by Crippen LogP contribution is -2.48. The molecule has 2 aromatic carbocycles. The zero-order valence-electron chi connectivity index (χ0n) is 15.3. The fourth-order valence-corrected chi connectivity index (χ4v) is 4.18. The molecule has 1 N–H and O–H groups in total. The molecule has 6 nitrogen and oxygen atoms in total. The summed E-state index contributed by atoms with van der Waals surface area (Å²) in [6.07, 6.45) is 0. The van der Waals surface area contributed by atoms with E-state index in [1.54, 1.807) is 30.0 Å². The molecule has 0 aromatic heterocycles. The summed E-state index contributed by atoms with van der Waals surface area (Å²) in [4.78, 5) is 15.4. The highest BCUT2D eigenvalue weighted by atomic mass is 32.2. The molecule has 1 heterocycles. The van der Waals surface area contributed by atoms with Crippen LogP contribution in [0.3, 0.4) is 0 Å². The number of hydrogen-bond acceptors (Lipinski definition) is 4. The molecular weight excluding hydrogens is 369 g/mol. The molecule has 1 aliphatic rings. The highest BCUT2D eigenvalue weighted by molar-refractivity contribution is 7.92. The smallest absolute Gasteiger partial charge is 0.261 e. The number of benzene rings is 2. The number of carbonyl (C=O) groups is 1. The van der Waals surface area contributed by atoms with Crippen molar-refractivity contribution in [3.05, 3.63) is 53.8 Å². The first-order valence-electron chi connectivity index (χ1n) is 8.66. The van der Waals surface area contributed by atoms with Crippen molar-refractivity contribution in [1.82, 2.24) is 4.90 Å². The van der Waals surface area contributed by atoms with E-state index in [1.165, 1.54) is 19.1 Å². The predicted molar refractivity (Wildman–Crippen MR) is 103 cm³/mol. The van der Waals surface area contributed by atoms with E-state index in [2.05, 4.69) is 9.62 Å². The van der Waals surface area contributed by atoms with Crippen LogP contribution in [-0.2, 0) is 14.8 Å². The second-order valence-corrected chi connectivity index (χ2v) is 8.24. The van der Waals surface area contributed by atoms with Gasteiger partial charge in [-0.1, -0.05) is 6.07 Å². The first-order chi connectivity index (χ1) is 12.8. The Kier molecular flexibility index (Phi) is 5.36. The van der Waals surface area contributed by atoms with E-state index in [4.69, 9.17) is 0 Å². The minimum Gasteiger partial charge on any atom is -0.368 e. The molecule has 1 fully saturated rings. The van der Waals surface area contributed by atoms with Gasteiger partial charge in [0.15, 0.2) is 0 Å². The van der Waals surface area contributed by atoms with Crippen molar-refractivity contribution in [3.8, 4) is 0 Å². The Morgan fingerprint density at radius 3 is 2.41 bits per heavy atom. The minimum absolute atomic E-state index is 0.0156. The third-order valence-corrected chi connectivity index (χ3v) is 6.01. The molecule has 1 aliphatic heterocycles. The van der Waals surface area contributed by atoms with Gasteiger partial charge in [0, 0.05) is 38.8 Å². The number of nitrogens with one attached hydrogen (secondary N) is 1. The van der Waals surface area contributed by atoms with Gasteiger partial charge in [-0.15, -0.1) is 0 Å². The fraction of sp³-hybridized carbons (Fsp3) is 0.316. The summed E-state index contributed by atoms with van der Waals surface area (Å²) >= 11 is 0. The molecule has 144 valence electrons. The van der Waals surface area contributed by atoms with Crippen LogP contribution in [0.1, 0.15) is 12.5 Å². The summed E-state index contributed by atoms with van der Waals surface area (Å²) in [5.41, 5.74) is 1.59. The molecule has 0 atom stereocenters. The van der Waals surface area contributed by atoms with Crippen molar-refractivity contribution >= 4 is 27.3 Å². The first kappa shape index (κ1) is 19.2. The highest BCUT2D eigenvalue weighted by Gasteiger charge is 2.20. The Labute approximate surface area is 158 Å². The van der Waals surface area contributed by atoms with Gasteiger partial charge in [0.1, 0.15) is 5.82 Å². The fourth-order valence-electron chi connectivity index (χ4n) is 3.04. The standard InChI is InChI=1S/C19H22FN3O3S/c1-14-12-18(6-7-19(14)20)27(25,26)21-16-4-3-5-17(13-16)23-10-8-22(9-11-23)15(2)24/h3-7,12-13,21H,8-11H2,1-2H3. The number of sulfonamides is 1. The van der Waals surface area contributed by atoms with Crippen LogP contribution in [0, 0.1) is 12.7 Å². The Bertz CT molecular complexity index is 954. The molecule has 3 rings (SSSR count). The highest BCUT2D eigenvalue weighted by Crippen LogP contribution is 2.24. The van der Waals surface area contributed by atoms with E-state index >= 15 is 0 Å². The lowest BCUT2D eigenvalue weighted by atomic mass is 10.2. The van der Waals surface area contributed by atoms with Crippen molar-refractivity contribution < 1.29 is 17.6 Å². The summed E-state index contributed by atoms with van der Waals surface area (Å²) in [5.74, 6) is -0.383. The largest absolute Gasteiger partial charge is 0.368 e. The summed E-state index contributed by atoms with van der Waals surface area (Å²) in [5, 5.41) is 0. The second-order valence-electron chi connectivity index (χ2n) is 6.56. The van der Waals surface area contributed by atoms with Crippen molar-refractivity contribution in [2.24, 2.45) is 0 Å². The van der Waals surface area contributed by atoms with Crippen molar-refractivity contribution in [2.75, 3.05) is 35.8 Å². The second kappa shape index (κ2) is 7.56. The summed E-state index contributed by atoms with van der Waals surface area (Å²) in [6.45, 7) is 5.73. The van der Waals surface area contributed by atoms with Gasteiger partial charge in [0.25, 0.3) is 10.0 Å². The first-order valence-corrected chi connectivity index (χ1v) is 10.1. The molecule has 8 heteroatoms. The van der Waals surface area contributed by atoms with Crippen LogP contribution in [0.4, 0.5) is 15.8 Å². The van der Waals surface area contributed by atoms with E-state index in [0.717, 1.165) is 11.8 Å². The van der Waals surface area contributed by atoms with Gasteiger partial charge >= 0.3 is 0 Å². The number of rotatable bonds is 4. The Hall–Kier alpha value is -2.61. The van der Waals surface area contributed by atoms with Crippen LogP contribution < -0.4 is 9.62 Å². The summed E-state index contributed by atoms with van der Waals surface area (Å²) in [6, 6.07) is 10.8. The van der Waals surface area contributed by atoms with E-state index in [1.807, 2.05) is 6.07 Å². The van der Waals surface area contributed by atoms with Gasteiger partial charge < -0.3 is 9.80 Å². The van der Waals surface area contributed by atoms with E-state index in [9.17, 15) is 17.6 Å². The van der Waals surface area contributed by atoms with Crippen LogP contribution in [0.15, 0.2) is 47.4 Å². The normalized spacial score (nSPS) is 14.9. The van der Waals surface area contributed by atoms with Gasteiger partial charge in [0.2, 0.25) is 5.91 Å². The maximum Gasteiger partial charge on any atom is 0.261 e. The molecule has 0 aliphatic carbocycles. The lowest BCUT2D eigenvalue weighted by Gasteiger charge is -2.35. The number of halogens is 1. The Morgan fingerprint density at radius 1 is 1.07 bits per heavy atom. The third-order valence-electron chi connectivity index (χ3n) is 4.63. The van der Waals surface area contributed by atoms with Crippen molar-refractivity contribution in [1.29, 1.82) is 0 Å². The third kappa shape index (κ3) is 4.39. The number of hydrogen-bond donors (Lipinski definition) is 1. The zero-order chi connectivity index (χ0) is 19.6. The van der Waals surface area contributed by atoms with Crippen molar-refractivity contribution in [3.63, 3.8) is 0 Å². The molecule has 0 spiro atoms. The quantitative estimate of drug-likeness (QED) is 0.870. The Balaban J connectivity index is 1.76. The molecule has 0 radical (unpaired) electrons. The topological polar surface area (TPSA) is 69.7 Å². The number of aryl methyl sites for hydroxylation is 1. The summed E-state index contributed by atoms with van der Waals surface area (Å²) < 4.78 is 41.1. The average Bonchev–Trinajstić information content (AvgIpc) is 2.64. The van der Waals surface area contributed by atoms with E-state index in [-0.39, 0.29) is 16.4 Å². The van der Waals surface area contributed by atoms with E-state index < -0.39 is 15.8 Å². The number of piperazine rings is 1. The maximum absolute atomic E-state index is 13.4. The average molecular weight is 391 g/mol. The molecule has 27 heavy (non-hydrogen) atoms. The van der Waals surface area contributed by atoms with Crippen LogP contribution in [0.2, 0.25) is 0 Å². The van der Waals surface area contributed by atoms with Gasteiger partial charge in [0.05, 0.1) is 10.6 Å². The molecule has 0 saturated carbocycles. The zero-order valence-corrected chi connectivity index (χ0v) is 16.1. The van der Waals surface area contributed by atoms with Gasteiger partial charge in [-0.25, -0.2) is 12.8 Å². The predicted octanol–water partition coefficient (Wildman–Crippen LogP) is 2.60. The van der Waals surface area contributed by atoms with Gasteiger partial charge in [-0.2, -0.15) is 0 Å². The molecule has 2 aromatic rings. The van der Waals surface area contributed by atoms with Crippen LogP contribution in [0.25, 0.3) is 0 Å². The molecular formula is C19H22FN3O3S. The summed E-state index contributed by atoms with van der Waals surface area (Å²) in [7, 11) is -3.81. The van der Waals surface area contributed by atoms with Crippen LogP contribution >= 0.6 is 0 Å². The molecule has 1 saturated heterocycles. The maximum atomic E-state index is 13.4. The van der Waals surface area contributed by atoms with Crippen molar-refractivity contribution in [2.45, 2.75) is 18.7 Å². The van der Waals surface area contributed by atoms with Crippen LogP contribution in [-0.4, -0.2) is 45.4 Å². The SMILES string of the molecule is CC(=O)N1CCN(c2cccc(NS(=O)(=O)c3ccc(F)c(C)c3)c2)CC1. The minimum atomic E-state index is -3.81. The van der Waals surface area contributed by atoms with E-state index in [0.29, 0.717) is 31.9 Å². The lowest BCUT2D eigenvalue weighted by molar-refractivity contribution is -0.129. The Morgan fingerprint density at radius 2 is 1.78 bits per heavy atom. The number of amides is 1. The number of anilines is 2. The molecule has 0 unspecified atom stereocenters. The molecule has 1 amide bonds. The van der Waals surface area contributed by atoms with Gasteiger partial charge in [-0.05, 0) is 48.9 Å². The van der Waals surface area contributed by atoms with Gasteiger partial charge in [-0.3, -0.25) is 9.52 Å². The molecule has 0 bridgehead atoms. The monoisotopic (exact) mass is 391 g/mol. The number of nitrogens with zero attached hydrogens (tertiary/aromatic N) is 2. The van der Waals surface area contributed by atoms with Crippen LogP contribution in [0.5, 0.6) is 0 Å².